The summed E-state index contributed by atoms with van der Waals surface area (Å²) in [5.74, 6) is 0.268. The van der Waals surface area contributed by atoms with Gasteiger partial charge in [0.15, 0.2) is 0 Å². The van der Waals surface area contributed by atoms with E-state index in [-0.39, 0.29) is 5.92 Å². The van der Waals surface area contributed by atoms with Crippen molar-refractivity contribution < 1.29 is 0 Å². The van der Waals surface area contributed by atoms with Crippen molar-refractivity contribution in [2.75, 3.05) is 19.6 Å². The van der Waals surface area contributed by atoms with E-state index in [1.54, 1.807) is 0 Å². The molecular weight excluding hydrogens is 148 g/mol. The number of likely N-dealkylation sites (tertiary alicyclic amines) is 1. The molecule has 0 aromatic heterocycles. The maximum absolute atomic E-state index is 8.74. The summed E-state index contributed by atoms with van der Waals surface area (Å²) in [6.45, 7) is 5.16. The van der Waals surface area contributed by atoms with Crippen LogP contribution in [0.25, 0.3) is 0 Å². The second kappa shape index (κ2) is 4.95. The molecule has 1 rings (SSSR count). The minimum absolute atomic E-state index is 0.268. The summed E-state index contributed by atoms with van der Waals surface area (Å²) in [6.07, 6.45) is 6.48. The standard InChI is InChI=1S/C10H16N2/c1-2-3-6-12-7-4-5-10(8-11)9-12/h2-3,10H,4-7,9H2,1H3/b3-2+. The molecule has 0 aromatic rings. The maximum Gasteiger partial charge on any atom is 0.0669 e. The van der Waals surface area contributed by atoms with Gasteiger partial charge in [-0.05, 0) is 26.3 Å². The van der Waals surface area contributed by atoms with Gasteiger partial charge in [-0.15, -0.1) is 0 Å². The fourth-order valence-electron chi connectivity index (χ4n) is 1.58. The van der Waals surface area contributed by atoms with Crippen LogP contribution in [0.3, 0.4) is 0 Å². The molecular formula is C10H16N2. The van der Waals surface area contributed by atoms with Crippen LogP contribution in [0.4, 0.5) is 0 Å². The van der Waals surface area contributed by atoms with E-state index in [9.17, 15) is 0 Å². The SMILES string of the molecule is C/C=C/CN1CCCC(C#N)C1. The van der Waals surface area contributed by atoms with E-state index in [2.05, 4.69) is 23.1 Å². The number of allylic oxidation sites excluding steroid dienone is 1. The van der Waals surface area contributed by atoms with Gasteiger partial charge in [0.05, 0.1) is 12.0 Å². The Balaban J connectivity index is 2.31. The van der Waals surface area contributed by atoms with Gasteiger partial charge in [-0.25, -0.2) is 0 Å². The lowest BCUT2D eigenvalue weighted by Gasteiger charge is -2.28. The van der Waals surface area contributed by atoms with Crippen molar-refractivity contribution >= 4 is 0 Å². The van der Waals surface area contributed by atoms with Gasteiger partial charge in [-0.1, -0.05) is 12.2 Å². The highest BCUT2D eigenvalue weighted by molar-refractivity contribution is 4.91. The van der Waals surface area contributed by atoms with Crippen molar-refractivity contribution in [3.63, 3.8) is 0 Å². The van der Waals surface area contributed by atoms with Crippen LogP contribution in [0.1, 0.15) is 19.8 Å². The normalized spacial score (nSPS) is 25.8. The van der Waals surface area contributed by atoms with Crippen molar-refractivity contribution in [1.29, 1.82) is 5.26 Å². The van der Waals surface area contributed by atoms with Crippen LogP contribution in [-0.2, 0) is 0 Å². The molecule has 1 atom stereocenters. The van der Waals surface area contributed by atoms with E-state index in [4.69, 9.17) is 5.26 Å². The van der Waals surface area contributed by atoms with Gasteiger partial charge in [0.2, 0.25) is 0 Å². The van der Waals surface area contributed by atoms with Crippen LogP contribution < -0.4 is 0 Å². The summed E-state index contributed by atoms with van der Waals surface area (Å²) in [6, 6.07) is 2.34. The van der Waals surface area contributed by atoms with Crippen LogP contribution in [-0.4, -0.2) is 24.5 Å². The molecule has 2 heteroatoms. The molecule has 0 aromatic carbocycles. The Morgan fingerprint density at radius 2 is 2.50 bits per heavy atom. The first-order valence-electron chi connectivity index (χ1n) is 4.60. The molecule has 0 N–H and O–H groups in total. The summed E-state index contributed by atoms with van der Waals surface area (Å²) in [4.78, 5) is 2.34. The number of nitrogens with zero attached hydrogens (tertiary/aromatic N) is 2. The Morgan fingerprint density at radius 1 is 1.67 bits per heavy atom. The molecule has 1 aliphatic rings. The molecule has 0 amide bonds. The second-order valence-electron chi connectivity index (χ2n) is 3.30. The van der Waals surface area contributed by atoms with Crippen molar-refractivity contribution in [3.8, 4) is 6.07 Å². The summed E-state index contributed by atoms with van der Waals surface area (Å²) in [7, 11) is 0. The molecule has 0 aliphatic carbocycles. The third-order valence-electron chi connectivity index (χ3n) is 2.29. The molecule has 1 fully saturated rings. The van der Waals surface area contributed by atoms with E-state index in [1.807, 2.05) is 6.92 Å². The molecule has 1 aliphatic heterocycles. The zero-order valence-corrected chi connectivity index (χ0v) is 7.66. The van der Waals surface area contributed by atoms with Gasteiger partial charge in [0.1, 0.15) is 0 Å². The van der Waals surface area contributed by atoms with E-state index >= 15 is 0 Å². The van der Waals surface area contributed by atoms with Gasteiger partial charge < -0.3 is 0 Å². The summed E-state index contributed by atoms with van der Waals surface area (Å²) in [5, 5.41) is 8.74. The molecule has 0 radical (unpaired) electrons. The quantitative estimate of drug-likeness (QED) is 0.582. The lowest BCUT2D eigenvalue weighted by atomic mass is 10.00. The van der Waals surface area contributed by atoms with Crippen molar-refractivity contribution in [1.82, 2.24) is 4.90 Å². The average molecular weight is 164 g/mol. The van der Waals surface area contributed by atoms with Crippen molar-refractivity contribution in [3.05, 3.63) is 12.2 Å². The van der Waals surface area contributed by atoms with Gasteiger partial charge in [-0.3, -0.25) is 4.90 Å². The van der Waals surface area contributed by atoms with E-state index < -0.39 is 0 Å². The number of rotatable bonds is 2. The zero-order chi connectivity index (χ0) is 8.81. The third kappa shape index (κ3) is 2.67. The minimum atomic E-state index is 0.268. The van der Waals surface area contributed by atoms with Crippen LogP contribution in [0.2, 0.25) is 0 Å². The number of piperidine rings is 1. The lowest BCUT2D eigenvalue weighted by molar-refractivity contribution is 0.219. The monoisotopic (exact) mass is 164 g/mol. The Hall–Kier alpha value is -0.810. The second-order valence-corrected chi connectivity index (χ2v) is 3.30. The van der Waals surface area contributed by atoms with Gasteiger partial charge >= 0.3 is 0 Å². The highest BCUT2D eigenvalue weighted by atomic mass is 15.1. The molecule has 1 heterocycles. The van der Waals surface area contributed by atoms with Crippen LogP contribution in [0, 0.1) is 17.2 Å². The molecule has 66 valence electrons. The molecule has 0 spiro atoms. The molecule has 1 saturated heterocycles. The lowest BCUT2D eigenvalue weighted by Crippen LogP contribution is -2.34. The highest BCUT2D eigenvalue weighted by Gasteiger charge is 2.17. The van der Waals surface area contributed by atoms with Crippen LogP contribution in [0.5, 0.6) is 0 Å². The summed E-state index contributed by atoms with van der Waals surface area (Å²) in [5.41, 5.74) is 0. The highest BCUT2D eigenvalue weighted by Crippen LogP contribution is 2.14. The first-order valence-corrected chi connectivity index (χ1v) is 4.60. The molecule has 0 bridgehead atoms. The Bertz CT molecular complexity index is 191. The molecule has 1 unspecified atom stereocenters. The predicted octanol–water partition coefficient (Wildman–Crippen LogP) is 1.80. The average Bonchev–Trinajstić information content (AvgIpc) is 2.15. The number of hydrogen-bond donors (Lipinski definition) is 0. The topological polar surface area (TPSA) is 27.0 Å². The summed E-state index contributed by atoms with van der Waals surface area (Å²) >= 11 is 0. The van der Waals surface area contributed by atoms with Crippen molar-refractivity contribution in [2.24, 2.45) is 5.92 Å². The number of hydrogen-bond acceptors (Lipinski definition) is 2. The van der Waals surface area contributed by atoms with Gasteiger partial charge in [0, 0.05) is 13.1 Å². The fourth-order valence-corrected chi connectivity index (χ4v) is 1.58. The third-order valence-corrected chi connectivity index (χ3v) is 2.29. The van der Waals surface area contributed by atoms with Crippen molar-refractivity contribution in [2.45, 2.75) is 19.8 Å². The Morgan fingerprint density at radius 3 is 3.17 bits per heavy atom. The Kier molecular flexibility index (Phi) is 3.83. The zero-order valence-electron chi connectivity index (χ0n) is 7.66. The van der Waals surface area contributed by atoms with E-state index in [0.717, 1.165) is 26.1 Å². The fraction of sp³-hybridized carbons (Fsp3) is 0.700. The minimum Gasteiger partial charge on any atom is -0.298 e. The van der Waals surface area contributed by atoms with Crippen LogP contribution in [0.15, 0.2) is 12.2 Å². The number of nitriles is 1. The predicted molar refractivity (Wildman–Crippen MR) is 49.6 cm³/mol. The largest absolute Gasteiger partial charge is 0.298 e. The maximum atomic E-state index is 8.74. The molecule has 0 saturated carbocycles. The van der Waals surface area contributed by atoms with E-state index in [0.29, 0.717) is 0 Å². The van der Waals surface area contributed by atoms with Gasteiger partial charge in [0.25, 0.3) is 0 Å². The van der Waals surface area contributed by atoms with Gasteiger partial charge in [-0.2, -0.15) is 5.26 Å². The molecule has 12 heavy (non-hydrogen) atoms. The van der Waals surface area contributed by atoms with E-state index in [1.165, 1.54) is 6.42 Å². The smallest absolute Gasteiger partial charge is 0.0669 e. The first-order chi connectivity index (χ1) is 5.86. The first kappa shape index (κ1) is 9.28. The Labute approximate surface area is 74.5 Å². The molecule has 2 nitrogen and oxygen atoms in total. The summed E-state index contributed by atoms with van der Waals surface area (Å²) < 4.78 is 0. The van der Waals surface area contributed by atoms with Crippen LogP contribution >= 0.6 is 0 Å².